The Morgan fingerprint density at radius 2 is 1.28 bits per heavy atom. The van der Waals surface area contributed by atoms with Crippen molar-refractivity contribution in [1.82, 2.24) is 15.0 Å². The first-order valence-electron chi connectivity index (χ1n) is 11.7. The van der Waals surface area contributed by atoms with Crippen LogP contribution in [-0.4, -0.2) is 46.9 Å². The molecule has 0 amide bonds. The summed E-state index contributed by atoms with van der Waals surface area (Å²) in [5.41, 5.74) is 2.41. The van der Waals surface area contributed by atoms with Crippen molar-refractivity contribution in [3.05, 3.63) is 124 Å². The maximum absolute atomic E-state index is 13.6. The lowest BCUT2D eigenvalue weighted by Gasteiger charge is -2.39. The fourth-order valence-corrected chi connectivity index (χ4v) is 4.55. The number of piperazine rings is 1. The average molecular weight is 492 g/mol. The van der Waals surface area contributed by atoms with Gasteiger partial charge in [0.2, 0.25) is 5.78 Å². The predicted octanol–water partition coefficient (Wildman–Crippen LogP) is 5.23. The summed E-state index contributed by atoms with van der Waals surface area (Å²) >= 11 is 0. The second kappa shape index (κ2) is 10.5. The zero-order chi connectivity index (χ0) is 25.1. The van der Waals surface area contributed by atoms with Crippen molar-refractivity contribution < 1.29 is 22.5 Å². The van der Waals surface area contributed by atoms with Crippen LogP contribution in [0.2, 0.25) is 0 Å². The van der Waals surface area contributed by atoms with Gasteiger partial charge in [0.05, 0.1) is 12.6 Å². The summed E-state index contributed by atoms with van der Waals surface area (Å²) in [6.07, 6.45) is 0. The van der Waals surface area contributed by atoms with Crippen molar-refractivity contribution in [1.29, 1.82) is 0 Å². The largest absolute Gasteiger partial charge is 0.359 e. The second-order valence-corrected chi connectivity index (χ2v) is 8.83. The van der Waals surface area contributed by atoms with Crippen LogP contribution in [0.15, 0.2) is 83.4 Å². The Balaban J connectivity index is 1.25. The minimum Gasteiger partial charge on any atom is -0.359 e. The minimum absolute atomic E-state index is 0.126. The number of benzene rings is 3. The SMILES string of the molecule is O=C(c1ccc(F)cc1)c1cc(CN2CCN(C(c3ccc(F)cc3)c3ccc(F)cc3)CC2)on1. The van der Waals surface area contributed by atoms with Gasteiger partial charge in [0, 0.05) is 37.8 Å². The monoisotopic (exact) mass is 491 g/mol. The molecule has 0 aliphatic carbocycles. The molecule has 4 aromatic rings. The molecule has 2 heterocycles. The van der Waals surface area contributed by atoms with Crippen LogP contribution in [0.1, 0.15) is 39.0 Å². The van der Waals surface area contributed by atoms with Crippen LogP contribution < -0.4 is 0 Å². The van der Waals surface area contributed by atoms with Crippen LogP contribution in [0.5, 0.6) is 0 Å². The van der Waals surface area contributed by atoms with Gasteiger partial charge in [0.1, 0.15) is 17.5 Å². The third-order valence-electron chi connectivity index (χ3n) is 6.42. The molecule has 1 saturated heterocycles. The molecule has 1 aliphatic rings. The molecule has 0 atom stereocenters. The Kier molecular flexibility index (Phi) is 6.97. The zero-order valence-corrected chi connectivity index (χ0v) is 19.4. The molecule has 1 aromatic heterocycles. The predicted molar refractivity (Wildman–Crippen MR) is 128 cm³/mol. The smallest absolute Gasteiger partial charge is 0.214 e. The molecule has 1 fully saturated rings. The number of ketones is 1. The van der Waals surface area contributed by atoms with E-state index < -0.39 is 5.82 Å². The molecule has 184 valence electrons. The van der Waals surface area contributed by atoms with E-state index in [1.54, 1.807) is 30.3 Å². The maximum atomic E-state index is 13.6. The summed E-state index contributed by atoms with van der Waals surface area (Å²) in [6.45, 7) is 3.43. The summed E-state index contributed by atoms with van der Waals surface area (Å²) in [5, 5.41) is 3.90. The van der Waals surface area contributed by atoms with Crippen LogP contribution in [0.25, 0.3) is 0 Å². The zero-order valence-electron chi connectivity index (χ0n) is 19.4. The molecule has 0 bridgehead atoms. The molecule has 0 spiro atoms. The lowest BCUT2D eigenvalue weighted by molar-refractivity contribution is 0.0976. The summed E-state index contributed by atoms with van der Waals surface area (Å²) < 4.78 is 45.6. The number of hydrogen-bond acceptors (Lipinski definition) is 5. The standard InChI is InChI=1S/C28H24F3N3O2/c29-22-7-1-19(2-8-22)27(20-3-9-23(30)10-4-20)34-15-13-33(14-16-34)18-25-17-26(32-36-25)28(35)21-5-11-24(31)12-6-21/h1-12,17,27H,13-16,18H2. The lowest BCUT2D eigenvalue weighted by Crippen LogP contribution is -2.47. The molecule has 0 saturated carbocycles. The molecule has 36 heavy (non-hydrogen) atoms. The third kappa shape index (κ3) is 5.40. The molecule has 8 heteroatoms. The van der Waals surface area contributed by atoms with Gasteiger partial charge in [0.15, 0.2) is 11.5 Å². The van der Waals surface area contributed by atoms with E-state index in [0.717, 1.165) is 37.3 Å². The van der Waals surface area contributed by atoms with Gasteiger partial charge in [-0.2, -0.15) is 0 Å². The number of hydrogen-bond donors (Lipinski definition) is 0. The fourth-order valence-electron chi connectivity index (χ4n) is 4.55. The molecule has 3 aromatic carbocycles. The average Bonchev–Trinajstić information content (AvgIpc) is 3.36. The molecule has 0 radical (unpaired) electrons. The van der Waals surface area contributed by atoms with Crippen molar-refractivity contribution in [2.75, 3.05) is 26.2 Å². The van der Waals surface area contributed by atoms with E-state index in [1.165, 1.54) is 48.5 Å². The van der Waals surface area contributed by atoms with E-state index in [1.807, 2.05) is 0 Å². The van der Waals surface area contributed by atoms with Crippen molar-refractivity contribution in [3.63, 3.8) is 0 Å². The van der Waals surface area contributed by atoms with E-state index in [2.05, 4.69) is 15.0 Å². The van der Waals surface area contributed by atoms with Gasteiger partial charge in [-0.25, -0.2) is 13.2 Å². The normalized spacial score (nSPS) is 14.9. The van der Waals surface area contributed by atoms with Crippen LogP contribution >= 0.6 is 0 Å². The van der Waals surface area contributed by atoms with Gasteiger partial charge in [0.25, 0.3) is 0 Å². The molecular weight excluding hydrogens is 467 g/mol. The van der Waals surface area contributed by atoms with Gasteiger partial charge < -0.3 is 4.52 Å². The van der Waals surface area contributed by atoms with E-state index in [-0.39, 0.29) is 29.2 Å². The van der Waals surface area contributed by atoms with Gasteiger partial charge >= 0.3 is 0 Å². The molecule has 5 nitrogen and oxygen atoms in total. The highest BCUT2D eigenvalue weighted by Gasteiger charge is 2.27. The molecule has 0 unspecified atom stereocenters. The summed E-state index contributed by atoms with van der Waals surface area (Å²) in [4.78, 5) is 17.1. The van der Waals surface area contributed by atoms with Crippen molar-refractivity contribution >= 4 is 5.78 Å². The Labute approximate surface area is 206 Å². The first-order chi connectivity index (χ1) is 17.5. The van der Waals surface area contributed by atoms with E-state index >= 15 is 0 Å². The van der Waals surface area contributed by atoms with E-state index in [4.69, 9.17) is 4.52 Å². The molecular formula is C28H24F3N3O2. The second-order valence-electron chi connectivity index (χ2n) is 8.83. The number of nitrogens with zero attached hydrogens (tertiary/aromatic N) is 3. The molecule has 0 N–H and O–H groups in total. The van der Waals surface area contributed by atoms with E-state index in [0.29, 0.717) is 17.9 Å². The molecule has 1 aliphatic heterocycles. The van der Waals surface area contributed by atoms with Gasteiger partial charge in [-0.05, 0) is 59.7 Å². The van der Waals surface area contributed by atoms with Crippen molar-refractivity contribution in [3.8, 4) is 0 Å². The number of aromatic nitrogens is 1. The van der Waals surface area contributed by atoms with Crippen LogP contribution in [0.4, 0.5) is 13.2 Å². The van der Waals surface area contributed by atoms with E-state index in [9.17, 15) is 18.0 Å². The fraction of sp³-hybridized carbons (Fsp3) is 0.214. The molecule has 5 rings (SSSR count). The number of carbonyl (C=O) groups excluding carboxylic acids is 1. The third-order valence-corrected chi connectivity index (χ3v) is 6.42. The lowest BCUT2D eigenvalue weighted by atomic mass is 9.96. The van der Waals surface area contributed by atoms with Crippen molar-refractivity contribution in [2.45, 2.75) is 12.6 Å². The Bertz CT molecular complexity index is 1270. The van der Waals surface area contributed by atoms with Crippen molar-refractivity contribution in [2.24, 2.45) is 0 Å². The summed E-state index contributed by atoms with van der Waals surface area (Å²) in [5.74, 6) is -0.761. The Morgan fingerprint density at radius 3 is 1.81 bits per heavy atom. The summed E-state index contributed by atoms with van der Waals surface area (Å²) in [6, 6.07) is 19.6. The highest BCUT2D eigenvalue weighted by Crippen LogP contribution is 2.30. The number of carbonyl (C=O) groups is 1. The Morgan fingerprint density at radius 1 is 0.778 bits per heavy atom. The number of rotatable bonds is 7. The number of halogens is 3. The van der Waals surface area contributed by atoms with Crippen LogP contribution in [0.3, 0.4) is 0 Å². The van der Waals surface area contributed by atoms with Crippen LogP contribution in [-0.2, 0) is 6.54 Å². The van der Waals surface area contributed by atoms with Gasteiger partial charge in [-0.1, -0.05) is 29.4 Å². The highest BCUT2D eigenvalue weighted by atomic mass is 19.1. The Hall–Kier alpha value is -3.75. The maximum Gasteiger partial charge on any atom is 0.214 e. The quantitative estimate of drug-likeness (QED) is 0.332. The topological polar surface area (TPSA) is 49.6 Å². The first-order valence-corrected chi connectivity index (χ1v) is 11.7. The van der Waals surface area contributed by atoms with Gasteiger partial charge in [-0.3, -0.25) is 14.6 Å². The van der Waals surface area contributed by atoms with Gasteiger partial charge in [-0.15, -0.1) is 0 Å². The minimum atomic E-state index is -0.410. The summed E-state index contributed by atoms with van der Waals surface area (Å²) in [7, 11) is 0. The van der Waals surface area contributed by atoms with Crippen LogP contribution in [0, 0.1) is 17.5 Å². The highest BCUT2D eigenvalue weighted by molar-refractivity contribution is 6.07. The first kappa shape index (κ1) is 24.0.